The number of aliphatic hydroxyl groups is 1. The van der Waals surface area contributed by atoms with E-state index in [0.29, 0.717) is 6.54 Å². The maximum absolute atomic E-state index is 8.88. The largest absolute Gasteiger partial charge is 0.396 e. The van der Waals surface area contributed by atoms with Crippen molar-refractivity contribution in [3.05, 3.63) is 16.1 Å². The molecular formula is C7H12N2OS. The number of aliphatic hydroxyl groups excluding tert-OH is 1. The van der Waals surface area contributed by atoms with Gasteiger partial charge in [-0.25, -0.2) is 4.98 Å². The van der Waals surface area contributed by atoms with Gasteiger partial charge >= 0.3 is 0 Å². The molecule has 0 radical (unpaired) electrons. The number of nitrogens with zero attached hydrogens (tertiary/aromatic N) is 1. The summed E-state index contributed by atoms with van der Waals surface area (Å²) < 4.78 is 0. The first-order chi connectivity index (χ1) is 5.27. The Kier molecular flexibility index (Phi) is 2.99. The highest BCUT2D eigenvalue weighted by Crippen LogP contribution is 2.18. The number of aromatic nitrogens is 1. The minimum absolute atomic E-state index is 0.0219. The molecule has 1 rings (SSSR count). The zero-order valence-corrected chi connectivity index (χ0v) is 7.27. The van der Waals surface area contributed by atoms with Crippen LogP contribution in [0.5, 0.6) is 0 Å². The maximum atomic E-state index is 8.88. The highest BCUT2D eigenvalue weighted by Gasteiger charge is 2.11. The number of hydrogen-bond acceptors (Lipinski definition) is 4. The van der Waals surface area contributed by atoms with Gasteiger partial charge in [-0.1, -0.05) is 0 Å². The van der Waals surface area contributed by atoms with Crippen molar-refractivity contribution in [1.82, 2.24) is 4.98 Å². The van der Waals surface area contributed by atoms with E-state index in [1.54, 1.807) is 11.3 Å². The minimum atomic E-state index is 0.0219. The van der Waals surface area contributed by atoms with Gasteiger partial charge in [0, 0.05) is 23.5 Å². The van der Waals surface area contributed by atoms with E-state index in [-0.39, 0.29) is 12.5 Å². The van der Waals surface area contributed by atoms with Crippen molar-refractivity contribution >= 4 is 11.3 Å². The van der Waals surface area contributed by atoms with E-state index in [9.17, 15) is 0 Å². The van der Waals surface area contributed by atoms with E-state index < -0.39 is 0 Å². The van der Waals surface area contributed by atoms with E-state index in [4.69, 9.17) is 10.8 Å². The number of hydrogen-bond donors (Lipinski definition) is 2. The Morgan fingerprint density at radius 1 is 1.82 bits per heavy atom. The molecule has 1 aromatic heterocycles. The first-order valence-electron chi connectivity index (χ1n) is 3.51. The van der Waals surface area contributed by atoms with Crippen LogP contribution in [-0.2, 0) is 0 Å². The predicted molar refractivity (Wildman–Crippen MR) is 45.7 cm³/mol. The normalized spacial score (nSPS) is 13.4. The summed E-state index contributed by atoms with van der Waals surface area (Å²) >= 11 is 1.56. The topological polar surface area (TPSA) is 59.1 Å². The Morgan fingerprint density at radius 3 is 2.91 bits per heavy atom. The van der Waals surface area contributed by atoms with Crippen LogP contribution >= 0.6 is 11.3 Å². The van der Waals surface area contributed by atoms with Crippen LogP contribution in [0.25, 0.3) is 0 Å². The van der Waals surface area contributed by atoms with Crippen molar-refractivity contribution in [2.75, 3.05) is 13.2 Å². The van der Waals surface area contributed by atoms with Gasteiger partial charge in [0.25, 0.3) is 0 Å². The molecule has 0 bridgehead atoms. The van der Waals surface area contributed by atoms with Gasteiger partial charge in [-0.3, -0.25) is 0 Å². The smallest absolute Gasteiger partial charge is 0.0994 e. The van der Waals surface area contributed by atoms with Gasteiger partial charge in [-0.2, -0.15) is 0 Å². The Balaban J connectivity index is 2.73. The molecule has 3 N–H and O–H groups in total. The molecular weight excluding hydrogens is 160 g/mol. The summed E-state index contributed by atoms with van der Waals surface area (Å²) in [5.41, 5.74) is 6.43. The SMILES string of the molecule is Cc1csc(C(CN)CO)n1. The maximum Gasteiger partial charge on any atom is 0.0994 e. The average Bonchev–Trinajstić information content (AvgIpc) is 2.39. The number of thiazole rings is 1. The average molecular weight is 172 g/mol. The summed E-state index contributed by atoms with van der Waals surface area (Å²) in [6, 6.07) is 0. The van der Waals surface area contributed by atoms with Crippen molar-refractivity contribution in [2.24, 2.45) is 5.73 Å². The zero-order valence-electron chi connectivity index (χ0n) is 6.45. The van der Waals surface area contributed by atoms with Gasteiger partial charge in [0.2, 0.25) is 0 Å². The van der Waals surface area contributed by atoms with Gasteiger partial charge in [-0.15, -0.1) is 11.3 Å². The Labute approximate surface area is 69.9 Å². The summed E-state index contributed by atoms with van der Waals surface area (Å²) in [7, 11) is 0. The van der Waals surface area contributed by atoms with E-state index in [0.717, 1.165) is 10.7 Å². The van der Waals surface area contributed by atoms with Crippen molar-refractivity contribution in [3.63, 3.8) is 0 Å². The molecule has 0 spiro atoms. The molecule has 0 aromatic carbocycles. The van der Waals surface area contributed by atoms with Crippen LogP contribution < -0.4 is 5.73 Å². The molecule has 0 saturated carbocycles. The number of nitrogens with two attached hydrogens (primary N) is 1. The van der Waals surface area contributed by atoms with Crippen LogP contribution in [0.4, 0.5) is 0 Å². The first-order valence-corrected chi connectivity index (χ1v) is 4.39. The first kappa shape index (κ1) is 8.64. The highest BCUT2D eigenvalue weighted by atomic mass is 32.1. The second kappa shape index (κ2) is 3.80. The van der Waals surface area contributed by atoms with Gasteiger partial charge in [0.1, 0.15) is 0 Å². The molecule has 1 unspecified atom stereocenters. The molecule has 0 aliphatic heterocycles. The molecule has 0 aliphatic carbocycles. The minimum Gasteiger partial charge on any atom is -0.396 e. The summed E-state index contributed by atoms with van der Waals surface area (Å²) in [6.07, 6.45) is 0. The van der Waals surface area contributed by atoms with Crippen LogP contribution in [0.2, 0.25) is 0 Å². The Morgan fingerprint density at radius 2 is 2.55 bits per heavy atom. The molecule has 1 heterocycles. The van der Waals surface area contributed by atoms with Crippen LogP contribution in [0, 0.1) is 6.92 Å². The van der Waals surface area contributed by atoms with Crippen molar-refractivity contribution in [3.8, 4) is 0 Å². The molecule has 11 heavy (non-hydrogen) atoms. The zero-order chi connectivity index (χ0) is 8.27. The summed E-state index contributed by atoms with van der Waals surface area (Å²) in [4.78, 5) is 4.23. The molecule has 0 saturated heterocycles. The summed E-state index contributed by atoms with van der Waals surface area (Å²) in [6.45, 7) is 2.48. The molecule has 1 aromatic rings. The lowest BCUT2D eigenvalue weighted by molar-refractivity contribution is 0.267. The quantitative estimate of drug-likeness (QED) is 0.697. The monoisotopic (exact) mass is 172 g/mol. The lowest BCUT2D eigenvalue weighted by atomic mass is 10.2. The van der Waals surface area contributed by atoms with Gasteiger partial charge in [-0.05, 0) is 6.92 Å². The van der Waals surface area contributed by atoms with E-state index in [1.807, 2.05) is 12.3 Å². The molecule has 1 atom stereocenters. The van der Waals surface area contributed by atoms with Crippen molar-refractivity contribution < 1.29 is 5.11 Å². The fraction of sp³-hybridized carbons (Fsp3) is 0.571. The van der Waals surface area contributed by atoms with E-state index >= 15 is 0 Å². The number of aryl methyl sites for hydroxylation is 1. The van der Waals surface area contributed by atoms with E-state index in [2.05, 4.69) is 4.98 Å². The van der Waals surface area contributed by atoms with Crippen molar-refractivity contribution in [1.29, 1.82) is 0 Å². The fourth-order valence-corrected chi connectivity index (χ4v) is 1.72. The van der Waals surface area contributed by atoms with E-state index in [1.165, 1.54) is 0 Å². The standard InChI is InChI=1S/C7H12N2OS/c1-5-4-11-7(9-5)6(2-8)3-10/h4,6,10H,2-3,8H2,1H3. The van der Waals surface area contributed by atoms with Gasteiger partial charge < -0.3 is 10.8 Å². The second-order valence-corrected chi connectivity index (χ2v) is 3.33. The van der Waals surface area contributed by atoms with Crippen molar-refractivity contribution in [2.45, 2.75) is 12.8 Å². The summed E-state index contributed by atoms with van der Waals surface area (Å²) in [5, 5.41) is 11.8. The number of rotatable bonds is 3. The molecule has 0 fully saturated rings. The van der Waals surface area contributed by atoms with Crippen LogP contribution in [-0.4, -0.2) is 23.2 Å². The molecule has 3 nitrogen and oxygen atoms in total. The Bertz CT molecular complexity index is 220. The molecule has 0 amide bonds. The second-order valence-electron chi connectivity index (χ2n) is 2.44. The summed E-state index contributed by atoms with van der Waals surface area (Å²) in [5.74, 6) is 0.0219. The lowest BCUT2D eigenvalue weighted by Gasteiger charge is -2.05. The van der Waals surface area contributed by atoms with Crippen LogP contribution in [0.1, 0.15) is 16.6 Å². The highest BCUT2D eigenvalue weighted by molar-refractivity contribution is 7.09. The third-order valence-corrected chi connectivity index (χ3v) is 2.62. The van der Waals surface area contributed by atoms with Crippen LogP contribution in [0.15, 0.2) is 5.38 Å². The van der Waals surface area contributed by atoms with Gasteiger partial charge in [0.05, 0.1) is 11.6 Å². The third kappa shape index (κ3) is 1.99. The van der Waals surface area contributed by atoms with Crippen LogP contribution in [0.3, 0.4) is 0 Å². The molecule has 0 aliphatic rings. The molecule has 62 valence electrons. The predicted octanol–water partition coefficient (Wildman–Crippen LogP) is 0.486. The fourth-order valence-electron chi connectivity index (χ4n) is 0.813. The third-order valence-electron chi connectivity index (χ3n) is 1.49. The van der Waals surface area contributed by atoms with Gasteiger partial charge in [0.15, 0.2) is 0 Å². The molecule has 4 heteroatoms. The lowest BCUT2D eigenvalue weighted by Crippen LogP contribution is -2.15. The Hall–Kier alpha value is -0.450.